The summed E-state index contributed by atoms with van der Waals surface area (Å²) in [6.07, 6.45) is 0.317. The topological polar surface area (TPSA) is 105 Å². The molecular weight excluding hydrogens is 529 g/mol. The average molecular weight is 558 g/mol. The summed E-state index contributed by atoms with van der Waals surface area (Å²) in [6.45, 7) is 3.52. The Morgan fingerprint density at radius 3 is 2.33 bits per heavy atom. The first kappa shape index (κ1) is 27.9. The Labute approximate surface area is 221 Å². The van der Waals surface area contributed by atoms with E-state index in [0.29, 0.717) is 46.7 Å². The molecule has 2 aromatic rings. The Balaban J connectivity index is 1.98. The van der Waals surface area contributed by atoms with Gasteiger partial charge in [-0.15, -0.1) is 0 Å². The molecule has 0 radical (unpaired) electrons. The minimum absolute atomic E-state index is 0.0306. The average Bonchev–Trinajstić information content (AvgIpc) is 2.88. The molecule has 3 rings (SSSR count). The number of hydrogen-bond donors (Lipinski definition) is 1. The number of ether oxygens (including phenoxy) is 2. The first-order chi connectivity index (χ1) is 17.1. The summed E-state index contributed by atoms with van der Waals surface area (Å²) in [6, 6.07) is 8.80. The van der Waals surface area contributed by atoms with Crippen LogP contribution in [-0.2, 0) is 26.2 Å². The van der Waals surface area contributed by atoms with Gasteiger partial charge in [-0.25, -0.2) is 8.42 Å². The van der Waals surface area contributed by atoms with Gasteiger partial charge >= 0.3 is 0 Å². The van der Waals surface area contributed by atoms with Gasteiger partial charge in [0, 0.05) is 19.7 Å². The van der Waals surface area contributed by atoms with Gasteiger partial charge in [0.1, 0.15) is 25.8 Å². The molecule has 1 unspecified atom stereocenters. The third-order valence-corrected chi connectivity index (χ3v) is 8.24. The van der Waals surface area contributed by atoms with Crippen molar-refractivity contribution in [1.82, 2.24) is 10.2 Å². The summed E-state index contributed by atoms with van der Waals surface area (Å²) in [7, 11) is -2.38. The van der Waals surface area contributed by atoms with Crippen LogP contribution in [0.3, 0.4) is 0 Å². The second kappa shape index (κ2) is 12.0. The smallest absolute Gasteiger partial charge is 0.244 e. The number of hydrogen-bond acceptors (Lipinski definition) is 6. The number of rotatable bonds is 10. The number of anilines is 1. The van der Waals surface area contributed by atoms with Gasteiger partial charge in [0.25, 0.3) is 0 Å². The summed E-state index contributed by atoms with van der Waals surface area (Å²) < 4.78 is 38.3. The maximum Gasteiger partial charge on any atom is 0.244 e. The molecule has 0 aromatic heterocycles. The SMILES string of the molecule is CCC(C(=O)NC)N(Cc1ccc(Cl)c(Cl)c1)C(=O)CN(c1ccc2c(c1)OCCO2)S(=O)(=O)CC. The van der Waals surface area contributed by atoms with Crippen LogP contribution >= 0.6 is 23.2 Å². The van der Waals surface area contributed by atoms with Crippen LogP contribution in [0.1, 0.15) is 25.8 Å². The zero-order valence-electron chi connectivity index (χ0n) is 20.3. The van der Waals surface area contributed by atoms with E-state index >= 15 is 0 Å². The highest BCUT2D eigenvalue weighted by atomic mass is 35.5. The molecule has 196 valence electrons. The summed E-state index contributed by atoms with van der Waals surface area (Å²) in [5.74, 6) is -0.253. The number of carbonyl (C=O) groups excluding carboxylic acids is 2. The molecular formula is C24H29Cl2N3O6S. The number of nitrogens with one attached hydrogen (secondary N) is 1. The van der Waals surface area contributed by atoms with Crippen LogP contribution in [0.5, 0.6) is 11.5 Å². The third-order valence-electron chi connectivity index (χ3n) is 5.76. The van der Waals surface area contributed by atoms with E-state index in [9.17, 15) is 18.0 Å². The number of benzene rings is 2. The predicted molar refractivity (Wildman–Crippen MR) is 139 cm³/mol. The Hall–Kier alpha value is -2.69. The van der Waals surface area contributed by atoms with E-state index in [0.717, 1.165) is 4.31 Å². The highest BCUT2D eigenvalue weighted by molar-refractivity contribution is 7.92. The maximum absolute atomic E-state index is 13.7. The van der Waals surface area contributed by atoms with Crippen LogP contribution in [0.25, 0.3) is 0 Å². The molecule has 2 amide bonds. The lowest BCUT2D eigenvalue weighted by Gasteiger charge is -2.33. The minimum Gasteiger partial charge on any atom is -0.486 e. The van der Waals surface area contributed by atoms with Crippen molar-refractivity contribution in [3.8, 4) is 11.5 Å². The molecule has 0 saturated carbocycles. The minimum atomic E-state index is -3.86. The van der Waals surface area contributed by atoms with Gasteiger partial charge in [-0.05, 0) is 43.2 Å². The van der Waals surface area contributed by atoms with Crippen molar-refractivity contribution in [2.75, 3.05) is 36.9 Å². The molecule has 0 spiro atoms. The summed E-state index contributed by atoms with van der Waals surface area (Å²) >= 11 is 12.2. The van der Waals surface area contributed by atoms with Gasteiger partial charge in [-0.3, -0.25) is 13.9 Å². The van der Waals surface area contributed by atoms with Crippen LogP contribution in [0.2, 0.25) is 10.0 Å². The molecule has 0 fully saturated rings. The molecule has 0 aliphatic carbocycles. The van der Waals surface area contributed by atoms with Gasteiger partial charge in [0.15, 0.2) is 11.5 Å². The Kier molecular flexibility index (Phi) is 9.32. The Morgan fingerprint density at radius 1 is 1.03 bits per heavy atom. The van der Waals surface area contributed by atoms with E-state index in [1.807, 2.05) is 0 Å². The Bertz CT molecular complexity index is 1220. The number of amides is 2. The van der Waals surface area contributed by atoms with Gasteiger partial charge in [0.2, 0.25) is 21.8 Å². The van der Waals surface area contributed by atoms with E-state index in [1.54, 1.807) is 37.3 Å². The lowest BCUT2D eigenvalue weighted by Crippen LogP contribution is -2.52. The molecule has 1 heterocycles. The second-order valence-electron chi connectivity index (χ2n) is 8.04. The van der Waals surface area contributed by atoms with Crippen molar-refractivity contribution in [3.05, 3.63) is 52.0 Å². The second-order valence-corrected chi connectivity index (χ2v) is 11.0. The zero-order valence-corrected chi connectivity index (χ0v) is 22.6. The molecule has 0 bridgehead atoms. The molecule has 2 aromatic carbocycles. The fourth-order valence-corrected chi connectivity index (χ4v) is 5.20. The predicted octanol–water partition coefficient (Wildman–Crippen LogP) is 3.47. The van der Waals surface area contributed by atoms with Crippen LogP contribution in [-0.4, -0.2) is 63.7 Å². The molecule has 1 N–H and O–H groups in total. The quantitative estimate of drug-likeness (QED) is 0.479. The van der Waals surface area contributed by atoms with Crippen molar-refractivity contribution < 1.29 is 27.5 Å². The Morgan fingerprint density at radius 2 is 1.72 bits per heavy atom. The van der Waals surface area contributed by atoms with Crippen molar-refractivity contribution in [1.29, 1.82) is 0 Å². The number of fused-ring (bicyclic) bond motifs is 1. The normalized spacial score (nSPS) is 13.6. The summed E-state index contributed by atoms with van der Waals surface area (Å²) in [5.41, 5.74) is 0.904. The van der Waals surface area contributed by atoms with Crippen LogP contribution in [0.15, 0.2) is 36.4 Å². The molecule has 36 heavy (non-hydrogen) atoms. The number of halogens is 2. The standard InChI is InChI=1S/C24H29Cl2N3O6S/c1-4-20(24(31)27-3)28(14-16-6-8-18(25)19(26)12-16)23(30)15-29(36(32,33)5-2)17-7-9-21-22(13-17)35-11-10-34-21/h6-9,12-13,20H,4-5,10-11,14-15H2,1-3H3,(H,27,31). The van der Waals surface area contributed by atoms with E-state index in [-0.39, 0.29) is 23.9 Å². The number of sulfonamides is 1. The fourth-order valence-electron chi connectivity index (χ4n) is 3.83. The highest BCUT2D eigenvalue weighted by Crippen LogP contribution is 2.35. The molecule has 0 saturated heterocycles. The summed E-state index contributed by atoms with van der Waals surface area (Å²) in [4.78, 5) is 27.7. The van der Waals surface area contributed by atoms with Gasteiger partial charge in [-0.2, -0.15) is 0 Å². The molecule has 1 atom stereocenters. The van der Waals surface area contributed by atoms with Crippen LogP contribution < -0.4 is 19.1 Å². The highest BCUT2D eigenvalue weighted by Gasteiger charge is 2.32. The van der Waals surface area contributed by atoms with Crippen molar-refractivity contribution in [2.24, 2.45) is 0 Å². The fraction of sp³-hybridized carbons (Fsp3) is 0.417. The number of carbonyl (C=O) groups is 2. The van der Waals surface area contributed by atoms with E-state index < -0.39 is 28.5 Å². The van der Waals surface area contributed by atoms with Crippen molar-refractivity contribution in [2.45, 2.75) is 32.9 Å². The van der Waals surface area contributed by atoms with Crippen LogP contribution in [0.4, 0.5) is 5.69 Å². The monoisotopic (exact) mass is 557 g/mol. The van der Waals surface area contributed by atoms with Gasteiger partial charge in [0.05, 0.1) is 21.5 Å². The first-order valence-electron chi connectivity index (χ1n) is 11.5. The van der Waals surface area contributed by atoms with Crippen molar-refractivity contribution in [3.63, 3.8) is 0 Å². The molecule has 1 aliphatic heterocycles. The number of likely N-dealkylation sites (N-methyl/N-ethyl adjacent to an activating group) is 1. The molecule has 12 heteroatoms. The zero-order chi connectivity index (χ0) is 26.5. The first-order valence-corrected chi connectivity index (χ1v) is 13.8. The van der Waals surface area contributed by atoms with Gasteiger partial charge in [-0.1, -0.05) is 36.2 Å². The number of nitrogens with zero attached hydrogens (tertiary/aromatic N) is 2. The van der Waals surface area contributed by atoms with E-state index in [1.165, 1.54) is 24.9 Å². The maximum atomic E-state index is 13.7. The van der Waals surface area contributed by atoms with E-state index in [2.05, 4.69) is 5.32 Å². The van der Waals surface area contributed by atoms with Gasteiger partial charge < -0.3 is 19.7 Å². The molecule has 1 aliphatic rings. The third kappa shape index (κ3) is 6.35. The largest absolute Gasteiger partial charge is 0.486 e. The molecule has 9 nitrogen and oxygen atoms in total. The van der Waals surface area contributed by atoms with Crippen molar-refractivity contribution >= 4 is 50.7 Å². The lowest BCUT2D eigenvalue weighted by molar-refractivity contribution is -0.140. The summed E-state index contributed by atoms with van der Waals surface area (Å²) in [5, 5.41) is 3.24. The van der Waals surface area contributed by atoms with Crippen LogP contribution in [0, 0.1) is 0 Å². The van der Waals surface area contributed by atoms with E-state index in [4.69, 9.17) is 32.7 Å². The lowest BCUT2D eigenvalue weighted by atomic mass is 10.1.